The van der Waals surface area contributed by atoms with Gasteiger partial charge >= 0.3 is 0 Å². The van der Waals surface area contributed by atoms with E-state index in [0.29, 0.717) is 12.2 Å². The molecule has 0 aliphatic carbocycles. The van der Waals surface area contributed by atoms with Crippen LogP contribution in [0.3, 0.4) is 0 Å². The molecule has 0 fully saturated rings. The number of imidazole rings is 1. The Hall–Kier alpha value is -3.21. The highest BCUT2D eigenvalue weighted by atomic mass is 16.3. The Kier molecular flexibility index (Phi) is 3.46. The fourth-order valence-electron chi connectivity index (χ4n) is 2.83. The Bertz CT molecular complexity index is 955. The number of fused-ring (bicyclic) bond motifs is 1. The van der Waals surface area contributed by atoms with Crippen LogP contribution in [0.15, 0.2) is 53.8 Å². The maximum atomic E-state index is 10.6. The lowest BCUT2D eigenvalue weighted by molar-refractivity contribution is 0.421. The average Bonchev–Trinajstić information content (AvgIpc) is 3.13. The molecule has 118 valence electrons. The van der Waals surface area contributed by atoms with E-state index in [-0.39, 0.29) is 5.88 Å². The maximum absolute atomic E-state index is 10.6. The van der Waals surface area contributed by atoms with Gasteiger partial charge in [0.25, 0.3) is 0 Å². The van der Waals surface area contributed by atoms with Gasteiger partial charge in [0.1, 0.15) is 11.5 Å². The Morgan fingerprint density at radius 2 is 1.92 bits per heavy atom. The van der Waals surface area contributed by atoms with E-state index in [0.717, 1.165) is 28.2 Å². The summed E-state index contributed by atoms with van der Waals surface area (Å²) in [4.78, 5) is 12.9. The lowest BCUT2D eigenvalue weighted by Crippen LogP contribution is -2.01. The molecular weight excluding hydrogens is 300 g/mol. The highest BCUT2D eigenvalue weighted by Crippen LogP contribution is 2.33. The molecule has 2 aromatic heterocycles. The summed E-state index contributed by atoms with van der Waals surface area (Å²) < 4.78 is 1.79. The fourth-order valence-corrected chi connectivity index (χ4v) is 2.83. The van der Waals surface area contributed by atoms with Crippen LogP contribution in [0.2, 0.25) is 0 Å². The molecule has 1 N–H and O–H groups in total. The highest BCUT2D eigenvalue weighted by Gasteiger charge is 2.16. The van der Waals surface area contributed by atoms with Gasteiger partial charge in [0.15, 0.2) is 0 Å². The zero-order valence-corrected chi connectivity index (χ0v) is 13.2. The molecule has 0 spiro atoms. The lowest BCUT2D eigenvalue weighted by Gasteiger charge is -2.06. The molecule has 5 heteroatoms. The Morgan fingerprint density at radius 3 is 2.75 bits per heavy atom. The highest BCUT2D eigenvalue weighted by molar-refractivity contribution is 6.21. The van der Waals surface area contributed by atoms with E-state index in [1.807, 2.05) is 49.4 Å². The van der Waals surface area contributed by atoms with E-state index in [2.05, 4.69) is 15.0 Å². The van der Waals surface area contributed by atoms with Crippen molar-refractivity contribution in [3.63, 3.8) is 0 Å². The van der Waals surface area contributed by atoms with Crippen LogP contribution in [-0.4, -0.2) is 25.9 Å². The quantitative estimate of drug-likeness (QED) is 0.803. The van der Waals surface area contributed by atoms with E-state index in [1.54, 1.807) is 23.2 Å². The van der Waals surface area contributed by atoms with E-state index in [9.17, 15) is 5.11 Å². The van der Waals surface area contributed by atoms with Gasteiger partial charge in [-0.25, -0.2) is 4.98 Å². The van der Waals surface area contributed by atoms with Gasteiger partial charge in [0.2, 0.25) is 5.88 Å². The van der Waals surface area contributed by atoms with Crippen molar-refractivity contribution in [1.29, 1.82) is 0 Å². The number of aliphatic imine (C=N–C) groups is 1. The van der Waals surface area contributed by atoms with Crippen LogP contribution < -0.4 is 0 Å². The average molecular weight is 316 g/mol. The Morgan fingerprint density at radius 1 is 1.12 bits per heavy atom. The Balaban J connectivity index is 1.70. The van der Waals surface area contributed by atoms with Crippen LogP contribution in [0.1, 0.15) is 22.6 Å². The molecule has 24 heavy (non-hydrogen) atoms. The van der Waals surface area contributed by atoms with Crippen molar-refractivity contribution >= 4 is 23.6 Å². The third-order valence-corrected chi connectivity index (χ3v) is 4.10. The van der Waals surface area contributed by atoms with Gasteiger partial charge in [-0.3, -0.25) is 14.5 Å². The number of para-hydroxylation sites is 1. The van der Waals surface area contributed by atoms with Crippen molar-refractivity contribution in [2.45, 2.75) is 13.5 Å². The summed E-state index contributed by atoms with van der Waals surface area (Å²) in [5.74, 6) is 0.925. The largest absolute Gasteiger partial charge is 0.493 e. The second kappa shape index (κ2) is 5.77. The second-order valence-corrected chi connectivity index (χ2v) is 5.68. The molecule has 0 amide bonds. The monoisotopic (exact) mass is 316 g/mol. The van der Waals surface area contributed by atoms with Crippen molar-refractivity contribution in [1.82, 2.24) is 14.5 Å². The van der Waals surface area contributed by atoms with Crippen LogP contribution >= 0.6 is 0 Å². The molecule has 0 bridgehead atoms. The molecule has 4 rings (SSSR count). The van der Waals surface area contributed by atoms with Crippen LogP contribution in [0.4, 0.5) is 5.69 Å². The van der Waals surface area contributed by atoms with Gasteiger partial charge < -0.3 is 5.11 Å². The molecule has 1 aromatic carbocycles. The lowest BCUT2D eigenvalue weighted by atomic mass is 10.1. The minimum Gasteiger partial charge on any atom is -0.493 e. The maximum Gasteiger partial charge on any atom is 0.219 e. The van der Waals surface area contributed by atoms with E-state index in [4.69, 9.17) is 0 Å². The standard InChI is InChI=1S/C19H16N4O/c1-13-22-18(10-15-11-21-17-5-3-2-4-16(15)17)19(24)23(13)12-14-6-8-20-9-7-14/h2-11,24H,12H2,1H3. The molecule has 0 unspecified atom stereocenters. The van der Waals surface area contributed by atoms with E-state index < -0.39 is 0 Å². The van der Waals surface area contributed by atoms with E-state index >= 15 is 0 Å². The first-order valence-electron chi connectivity index (χ1n) is 7.72. The molecule has 0 saturated heterocycles. The number of benzene rings is 1. The van der Waals surface area contributed by atoms with Gasteiger partial charge in [0, 0.05) is 29.7 Å². The molecule has 3 heterocycles. The van der Waals surface area contributed by atoms with Crippen molar-refractivity contribution in [2.24, 2.45) is 4.99 Å². The first-order chi connectivity index (χ1) is 11.7. The summed E-state index contributed by atoms with van der Waals surface area (Å²) in [7, 11) is 0. The summed E-state index contributed by atoms with van der Waals surface area (Å²) >= 11 is 0. The number of pyridine rings is 1. The SMILES string of the molecule is Cc1nc(C=C2C=Nc3ccccc32)c(O)n1Cc1ccncc1. The minimum absolute atomic E-state index is 0.162. The summed E-state index contributed by atoms with van der Waals surface area (Å²) in [6.07, 6.45) is 7.17. The zero-order chi connectivity index (χ0) is 16.5. The number of nitrogens with zero attached hydrogens (tertiary/aromatic N) is 4. The molecule has 5 nitrogen and oxygen atoms in total. The normalized spacial score (nSPS) is 14.3. The van der Waals surface area contributed by atoms with Crippen molar-refractivity contribution < 1.29 is 5.11 Å². The summed E-state index contributed by atoms with van der Waals surface area (Å²) in [5.41, 5.74) is 4.57. The second-order valence-electron chi connectivity index (χ2n) is 5.68. The number of aromatic nitrogens is 3. The smallest absolute Gasteiger partial charge is 0.219 e. The van der Waals surface area contributed by atoms with Crippen LogP contribution in [0, 0.1) is 6.92 Å². The third-order valence-electron chi connectivity index (χ3n) is 4.10. The number of aryl methyl sites for hydroxylation is 1. The summed E-state index contributed by atoms with van der Waals surface area (Å²) in [6.45, 7) is 2.45. The third kappa shape index (κ3) is 2.50. The number of allylic oxidation sites excluding steroid dienone is 1. The van der Waals surface area contributed by atoms with Crippen molar-refractivity contribution in [3.8, 4) is 5.88 Å². The summed E-state index contributed by atoms with van der Waals surface area (Å²) in [5, 5.41) is 10.6. The predicted molar refractivity (Wildman–Crippen MR) is 94.4 cm³/mol. The molecule has 0 saturated carbocycles. The van der Waals surface area contributed by atoms with Crippen LogP contribution in [-0.2, 0) is 6.54 Å². The topological polar surface area (TPSA) is 63.3 Å². The first-order valence-corrected chi connectivity index (χ1v) is 7.72. The first kappa shape index (κ1) is 14.4. The minimum atomic E-state index is 0.162. The Labute approximate surface area is 139 Å². The van der Waals surface area contributed by atoms with Crippen molar-refractivity contribution in [2.75, 3.05) is 0 Å². The van der Waals surface area contributed by atoms with Gasteiger partial charge in [-0.05, 0) is 36.8 Å². The van der Waals surface area contributed by atoms with E-state index in [1.165, 1.54) is 0 Å². The van der Waals surface area contributed by atoms with Gasteiger partial charge in [0.05, 0.1) is 12.2 Å². The van der Waals surface area contributed by atoms with Crippen molar-refractivity contribution in [3.05, 3.63) is 71.4 Å². The molecular formula is C19H16N4O. The molecule has 3 aromatic rings. The summed E-state index contributed by atoms with van der Waals surface area (Å²) in [6, 6.07) is 11.8. The molecule has 1 aliphatic rings. The van der Waals surface area contributed by atoms with Gasteiger partial charge in [-0.1, -0.05) is 18.2 Å². The molecule has 0 radical (unpaired) electrons. The number of hydrogen-bond acceptors (Lipinski definition) is 4. The number of hydrogen-bond donors (Lipinski definition) is 1. The number of aromatic hydroxyl groups is 1. The van der Waals surface area contributed by atoms with Gasteiger partial charge in [-0.15, -0.1) is 0 Å². The zero-order valence-electron chi connectivity index (χ0n) is 13.2. The predicted octanol–water partition coefficient (Wildman–Crippen LogP) is 3.60. The number of rotatable bonds is 3. The van der Waals surface area contributed by atoms with Crippen LogP contribution in [0.25, 0.3) is 11.6 Å². The van der Waals surface area contributed by atoms with Crippen LogP contribution in [0.5, 0.6) is 5.88 Å². The molecule has 1 aliphatic heterocycles. The van der Waals surface area contributed by atoms with Gasteiger partial charge in [-0.2, -0.15) is 0 Å². The fraction of sp³-hybridized carbons (Fsp3) is 0.105. The molecule has 0 atom stereocenters.